The van der Waals surface area contributed by atoms with Gasteiger partial charge in [0.15, 0.2) is 0 Å². The van der Waals surface area contributed by atoms with Crippen LogP contribution in [0, 0.1) is 0 Å². The molecule has 1 amide bonds. The van der Waals surface area contributed by atoms with Gasteiger partial charge >= 0.3 is 0 Å². The monoisotopic (exact) mass is 139 g/mol. The van der Waals surface area contributed by atoms with Crippen molar-refractivity contribution in [2.24, 2.45) is 21.2 Å². The van der Waals surface area contributed by atoms with E-state index in [-0.39, 0.29) is 11.7 Å². The van der Waals surface area contributed by atoms with E-state index in [9.17, 15) is 4.79 Å². The summed E-state index contributed by atoms with van der Waals surface area (Å²) >= 11 is 0. The molecule has 3 N–H and O–H groups in total. The van der Waals surface area contributed by atoms with Crippen LogP contribution in [0.3, 0.4) is 0 Å². The molecular formula is C4H5N5O. The van der Waals surface area contributed by atoms with Crippen LogP contribution in [0.4, 0.5) is 0 Å². The molecule has 0 unspecified atom stereocenters. The first kappa shape index (κ1) is 6.40. The van der Waals surface area contributed by atoms with E-state index in [4.69, 9.17) is 5.84 Å². The summed E-state index contributed by atoms with van der Waals surface area (Å²) in [5.74, 6) is 4.37. The molecule has 1 rings (SSSR count). The molecule has 0 spiro atoms. The van der Waals surface area contributed by atoms with Crippen molar-refractivity contribution >= 4 is 11.9 Å². The lowest BCUT2D eigenvalue weighted by molar-refractivity contribution is -0.116. The number of amides is 1. The first-order valence-electron chi connectivity index (χ1n) is 2.44. The highest BCUT2D eigenvalue weighted by molar-refractivity contribution is 6.06. The fraction of sp³-hybridized carbons (Fsp3) is 0. The number of hydrogen-bond acceptors (Lipinski definition) is 4. The summed E-state index contributed by atoms with van der Waals surface area (Å²) in [6, 6.07) is 0. The van der Waals surface area contributed by atoms with Crippen LogP contribution in [0.1, 0.15) is 0 Å². The molecule has 10 heavy (non-hydrogen) atoms. The molecule has 1 heterocycles. The van der Waals surface area contributed by atoms with Crippen LogP contribution >= 0.6 is 0 Å². The molecular weight excluding hydrogens is 134 g/mol. The minimum absolute atomic E-state index is 0.00241. The molecule has 52 valence electrons. The van der Waals surface area contributed by atoms with Gasteiger partial charge in [-0.15, -0.1) is 15.3 Å². The molecule has 0 fully saturated rings. The Morgan fingerprint density at radius 3 is 2.80 bits per heavy atom. The zero-order chi connectivity index (χ0) is 7.56. The minimum Gasteiger partial charge on any atom is -0.320 e. The SMILES string of the molecule is C=C1N=N/C(=N\N)NC1=O. The third-order valence-electron chi connectivity index (χ3n) is 0.875. The predicted molar refractivity (Wildman–Crippen MR) is 33.8 cm³/mol. The summed E-state index contributed by atoms with van der Waals surface area (Å²) in [4.78, 5) is 10.7. The Bertz CT molecular complexity index is 240. The molecule has 0 aromatic rings. The molecule has 0 saturated heterocycles. The number of hydrogen-bond donors (Lipinski definition) is 2. The molecule has 0 aromatic carbocycles. The van der Waals surface area contributed by atoms with Gasteiger partial charge in [-0.25, -0.2) is 0 Å². The first-order chi connectivity index (χ1) is 4.74. The summed E-state index contributed by atoms with van der Waals surface area (Å²) in [6.07, 6.45) is 0. The van der Waals surface area contributed by atoms with Gasteiger partial charge in [-0.1, -0.05) is 6.58 Å². The maximum atomic E-state index is 10.7. The summed E-state index contributed by atoms with van der Waals surface area (Å²) in [6.45, 7) is 3.30. The van der Waals surface area contributed by atoms with E-state index in [0.717, 1.165) is 0 Å². The highest BCUT2D eigenvalue weighted by Gasteiger charge is 2.13. The zero-order valence-electron chi connectivity index (χ0n) is 5.03. The number of azo groups is 1. The summed E-state index contributed by atoms with van der Waals surface area (Å²) in [5, 5.41) is 12.1. The summed E-state index contributed by atoms with van der Waals surface area (Å²) in [7, 11) is 0. The zero-order valence-corrected chi connectivity index (χ0v) is 5.03. The number of nitrogens with zero attached hydrogens (tertiary/aromatic N) is 3. The molecule has 0 bridgehead atoms. The normalized spacial score (nSPS) is 21.4. The number of guanidine groups is 1. The van der Waals surface area contributed by atoms with Crippen LogP contribution in [0.15, 0.2) is 27.6 Å². The van der Waals surface area contributed by atoms with Crippen molar-refractivity contribution in [2.45, 2.75) is 0 Å². The van der Waals surface area contributed by atoms with Crippen LogP contribution < -0.4 is 11.2 Å². The van der Waals surface area contributed by atoms with Crippen LogP contribution in [0.2, 0.25) is 0 Å². The Labute approximate surface area is 56.5 Å². The van der Waals surface area contributed by atoms with Crippen molar-refractivity contribution in [2.75, 3.05) is 0 Å². The van der Waals surface area contributed by atoms with E-state index in [0.29, 0.717) is 0 Å². The topological polar surface area (TPSA) is 92.2 Å². The van der Waals surface area contributed by atoms with Crippen LogP contribution in [-0.2, 0) is 4.79 Å². The van der Waals surface area contributed by atoms with E-state index >= 15 is 0 Å². The predicted octanol–water partition coefficient (Wildman–Crippen LogP) is -0.688. The second-order valence-corrected chi connectivity index (χ2v) is 1.55. The third kappa shape index (κ3) is 0.993. The number of carbonyl (C=O) groups is 1. The number of hydrazone groups is 1. The second-order valence-electron chi connectivity index (χ2n) is 1.55. The van der Waals surface area contributed by atoms with Gasteiger partial charge < -0.3 is 5.84 Å². The standard InChI is InChI=1S/C4H5N5O/c1-2-3(10)6-4(7-5)9-8-2/h1,5H2,(H,6,7,10). The van der Waals surface area contributed by atoms with Crippen molar-refractivity contribution in [3.05, 3.63) is 12.3 Å². The van der Waals surface area contributed by atoms with Crippen LogP contribution in [0.5, 0.6) is 0 Å². The molecule has 1 aliphatic heterocycles. The van der Waals surface area contributed by atoms with E-state index in [1.54, 1.807) is 0 Å². The molecule has 6 heteroatoms. The smallest absolute Gasteiger partial charge is 0.277 e. The lowest BCUT2D eigenvalue weighted by Crippen LogP contribution is -2.33. The Morgan fingerprint density at radius 1 is 1.60 bits per heavy atom. The maximum absolute atomic E-state index is 10.7. The molecule has 1 aliphatic rings. The number of rotatable bonds is 0. The van der Waals surface area contributed by atoms with Gasteiger partial charge in [0.25, 0.3) is 11.9 Å². The highest BCUT2D eigenvalue weighted by atomic mass is 16.2. The fourth-order valence-electron chi connectivity index (χ4n) is 0.410. The number of nitrogens with two attached hydrogens (primary N) is 1. The van der Waals surface area contributed by atoms with Gasteiger partial charge in [0.1, 0.15) is 5.70 Å². The van der Waals surface area contributed by atoms with Gasteiger partial charge in [-0.05, 0) is 0 Å². The molecule has 0 radical (unpaired) electrons. The van der Waals surface area contributed by atoms with Crippen molar-refractivity contribution in [1.29, 1.82) is 0 Å². The van der Waals surface area contributed by atoms with Crippen molar-refractivity contribution in [3.8, 4) is 0 Å². The molecule has 0 atom stereocenters. The third-order valence-corrected chi connectivity index (χ3v) is 0.875. The molecule has 0 aromatic heterocycles. The summed E-state index contributed by atoms with van der Waals surface area (Å²) < 4.78 is 0. The Kier molecular flexibility index (Phi) is 1.44. The highest BCUT2D eigenvalue weighted by Crippen LogP contribution is 1.99. The van der Waals surface area contributed by atoms with Gasteiger partial charge in [0.2, 0.25) is 0 Å². The average molecular weight is 139 g/mol. The van der Waals surface area contributed by atoms with Crippen molar-refractivity contribution < 1.29 is 4.79 Å². The van der Waals surface area contributed by atoms with Gasteiger partial charge in [-0.2, -0.15) is 0 Å². The number of nitrogens with one attached hydrogen (secondary N) is 1. The summed E-state index contributed by atoms with van der Waals surface area (Å²) in [5.41, 5.74) is 0.0485. The van der Waals surface area contributed by atoms with Gasteiger partial charge in [-0.3, -0.25) is 10.1 Å². The maximum Gasteiger partial charge on any atom is 0.277 e. The van der Waals surface area contributed by atoms with Gasteiger partial charge in [0.05, 0.1) is 0 Å². The lowest BCUT2D eigenvalue weighted by atomic mass is 10.4. The average Bonchev–Trinajstić information content (AvgIpc) is 1.95. The first-order valence-corrected chi connectivity index (χ1v) is 2.44. The minimum atomic E-state index is -0.431. The van der Waals surface area contributed by atoms with Gasteiger partial charge in [0, 0.05) is 0 Å². The Morgan fingerprint density at radius 2 is 2.30 bits per heavy atom. The molecule has 0 aliphatic carbocycles. The van der Waals surface area contributed by atoms with E-state index in [1.165, 1.54) is 0 Å². The quantitative estimate of drug-likeness (QED) is 0.264. The van der Waals surface area contributed by atoms with E-state index < -0.39 is 5.91 Å². The molecule has 0 saturated carbocycles. The lowest BCUT2D eigenvalue weighted by Gasteiger charge is -2.05. The molecule has 6 nitrogen and oxygen atoms in total. The van der Waals surface area contributed by atoms with E-state index in [1.807, 2.05) is 0 Å². The van der Waals surface area contributed by atoms with Crippen molar-refractivity contribution in [1.82, 2.24) is 5.32 Å². The second kappa shape index (κ2) is 2.26. The Balaban J connectivity index is 2.89. The fourth-order valence-corrected chi connectivity index (χ4v) is 0.410. The number of carbonyl (C=O) groups excluding carboxylic acids is 1. The largest absolute Gasteiger partial charge is 0.320 e. The van der Waals surface area contributed by atoms with Crippen LogP contribution in [0.25, 0.3) is 0 Å². The van der Waals surface area contributed by atoms with Crippen LogP contribution in [-0.4, -0.2) is 11.9 Å². The van der Waals surface area contributed by atoms with E-state index in [2.05, 4.69) is 27.2 Å². The van der Waals surface area contributed by atoms with Crippen molar-refractivity contribution in [3.63, 3.8) is 0 Å². The Hall–Kier alpha value is -1.72.